The van der Waals surface area contributed by atoms with Crippen molar-refractivity contribution in [3.8, 4) is 0 Å². The lowest BCUT2D eigenvalue weighted by Gasteiger charge is -2.09. The number of carbonyl (C=O) groups is 1. The molecule has 0 aliphatic rings. The van der Waals surface area contributed by atoms with Gasteiger partial charge >= 0.3 is 0 Å². The molecule has 0 amide bonds. The van der Waals surface area contributed by atoms with E-state index < -0.39 is 0 Å². The Kier molecular flexibility index (Phi) is 3.62. The molecule has 2 nitrogen and oxygen atoms in total. The van der Waals surface area contributed by atoms with Crippen molar-refractivity contribution in [1.82, 2.24) is 4.98 Å². The summed E-state index contributed by atoms with van der Waals surface area (Å²) in [5.41, 5.74) is 0.833. The maximum Gasteiger partial charge on any atom is 0.161 e. The van der Waals surface area contributed by atoms with Gasteiger partial charge < -0.3 is 0 Å². The Hall–Kier alpha value is -0.220. The second-order valence-corrected chi connectivity index (χ2v) is 5.31. The average molecular weight is 262 g/mol. The van der Waals surface area contributed by atoms with E-state index in [4.69, 9.17) is 0 Å². The molecule has 0 spiro atoms. The van der Waals surface area contributed by atoms with Crippen molar-refractivity contribution in [3.63, 3.8) is 0 Å². The highest BCUT2D eigenvalue weighted by Crippen LogP contribution is 2.34. The fourth-order valence-electron chi connectivity index (χ4n) is 0.942. The molecule has 0 radical (unpaired) electrons. The van der Waals surface area contributed by atoms with E-state index in [1.54, 1.807) is 0 Å². The SMILES string of the molecule is Cc1nc(C(Br)C(C)C)sc1C=O. The lowest BCUT2D eigenvalue weighted by molar-refractivity contribution is 0.112. The van der Waals surface area contributed by atoms with Gasteiger partial charge in [-0.2, -0.15) is 0 Å². The molecule has 1 aromatic rings. The molecule has 4 heteroatoms. The van der Waals surface area contributed by atoms with Crippen LogP contribution in [0.5, 0.6) is 0 Å². The number of aldehydes is 1. The zero-order chi connectivity index (χ0) is 10.0. The Bertz CT molecular complexity index is 309. The van der Waals surface area contributed by atoms with Crippen LogP contribution in [-0.2, 0) is 0 Å². The summed E-state index contributed by atoms with van der Waals surface area (Å²) in [5.74, 6) is 0.491. The van der Waals surface area contributed by atoms with Crippen LogP contribution in [0.25, 0.3) is 0 Å². The number of alkyl halides is 1. The van der Waals surface area contributed by atoms with Gasteiger partial charge in [0.15, 0.2) is 6.29 Å². The molecule has 1 rings (SSSR count). The predicted octanol–water partition coefficient (Wildman–Crippen LogP) is 3.36. The van der Waals surface area contributed by atoms with E-state index in [2.05, 4.69) is 34.8 Å². The van der Waals surface area contributed by atoms with Crippen molar-refractivity contribution >= 4 is 33.6 Å². The van der Waals surface area contributed by atoms with E-state index in [-0.39, 0.29) is 4.83 Å². The van der Waals surface area contributed by atoms with Crippen LogP contribution in [0.3, 0.4) is 0 Å². The molecule has 0 fully saturated rings. The fraction of sp³-hybridized carbons (Fsp3) is 0.556. The first-order valence-electron chi connectivity index (χ1n) is 4.12. The van der Waals surface area contributed by atoms with Crippen LogP contribution in [0, 0.1) is 12.8 Å². The first-order valence-corrected chi connectivity index (χ1v) is 5.86. The molecule has 0 aromatic carbocycles. The van der Waals surface area contributed by atoms with E-state index in [1.165, 1.54) is 11.3 Å². The number of carbonyl (C=O) groups excluding carboxylic acids is 1. The molecule has 1 atom stereocenters. The number of hydrogen-bond donors (Lipinski definition) is 0. The van der Waals surface area contributed by atoms with Gasteiger partial charge in [0.1, 0.15) is 5.01 Å². The van der Waals surface area contributed by atoms with Gasteiger partial charge in [0.2, 0.25) is 0 Å². The number of rotatable bonds is 3. The van der Waals surface area contributed by atoms with Gasteiger partial charge in [0, 0.05) is 0 Å². The maximum absolute atomic E-state index is 10.6. The van der Waals surface area contributed by atoms with Crippen LogP contribution in [0.1, 0.15) is 39.0 Å². The highest BCUT2D eigenvalue weighted by Gasteiger charge is 2.17. The minimum absolute atomic E-state index is 0.255. The lowest BCUT2D eigenvalue weighted by Crippen LogP contribution is -1.97. The third-order valence-corrected chi connectivity index (χ3v) is 4.74. The molecule has 0 saturated carbocycles. The predicted molar refractivity (Wildman–Crippen MR) is 58.7 cm³/mol. The Morgan fingerprint density at radius 1 is 1.54 bits per heavy atom. The van der Waals surface area contributed by atoms with Gasteiger partial charge in [-0.15, -0.1) is 11.3 Å². The van der Waals surface area contributed by atoms with E-state index in [0.717, 1.165) is 21.9 Å². The van der Waals surface area contributed by atoms with Gasteiger partial charge in [0.05, 0.1) is 15.4 Å². The van der Waals surface area contributed by atoms with Crippen molar-refractivity contribution in [1.29, 1.82) is 0 Å². The molecule has 13 heavy (non-hydrogen) atoms. The van der Waals surface area contributed by atoms with Crippen LogP contribution in [0.15, 0.2) is 0 Å². The van der Waals surface area contributed by atoms with Crippen molar-refractivity contribution in [2.75, 3.05) is 0 Å². The zero-order valence-electron chi connectivity index (χ0n) is 7.87. The summed E-state index contributed by atoms with van der Waals surface area (Å²) < 4.78 is 0. The van der Waals surface area contributed by atoms with E-state index >= 15 is 0 Å². The van der Waals surface area contributed by atoms with Crippen LogP contribution >= 0.6 is 27.3 Å². The van der Waals surface area contributed by atoms with Gasteiger partial charge in [-0.3, -0.25) is 4.79 Å². The third kappa shape index (κ3) is 2.38. The molecule has 72 valence electrons. The zero-order valence-corrected chi connectivity index (χ0v) is 10.3. The van der Waals surface area contributed by atoms with Gasteiger partial charge in [-0.25, -0.2) is 4.98 Å². The highest BCUT2D eigenvalue weighted by molar-refractivity contribution is 9.09. The van der Waals surface area contributed by atoms with Crippen molar-refractivity contribution in [3.05, 3.63) is 15.6 Å². The second kappa shape index (κ2) is 4.33. The summed E-state index contributed by atoms with van der Waals surface area (Å²) in [6, 6.07) is 0. The topological polar surface area (TPSA) is 30.0 Å². The summed E-state index contributed by atoms with van der Waals surface area (Å²) in [6.07, 6.45) is 0.872. The Morgan fingerprint density at radius 3 is 2.54 bits per heavy atom. The Labute approximate surface area is 90.5 Å². The summed E-state index contributed by atoms with van der Waals surface area (Å²) in [7, 11) is 0. The van der Waals surface area contributed by atoms with Crippen LogP contribution in [0.2, 0.25) is 0 Å². The Morgan fingerprint density at radius 2 is 2.15 bits per heavy atom. The molecule has 1 unspecified atom stereocenters. The fourth-order valence-corrected chi connectivity index (χ4v) is 2.36. The van der Waals surface area contributed by atoms with Gasteiger partial charge in [-0.05, 0) is 12.8 Å². The van der Waals surface area contributed by atoms with Crippen LogP contribution in [-0.4, -0.2) is 11.3 Å². The molecule has 0 bridgehead atoms. The summed E-state index contributed by atoms with van der Waals surface area (Å²) in [4.78, 5) is 15.9. The molecule has 0 saturated heterocycles. The molecular weight excluding hydrogens is 250 g/mol. The van der Waals surface area contributed by atoms with Crippen LogP contribution < -0.4 is 0 Å². The molecule has 0 N–H and O–H groups in total. The van der Waals surface area contributed by atoms with Crippen molar-refractivity contribution in [2.24, 2.45) is 5.92 Å². The summed E-state index contributed by atoms with van der Waals surface area (Å²) >= 11 is 5.03. The largest absolute Gasteiger partial charge is 0.297 e. The van der Waals surface area contributed by atoms with E-state index in [9.17, 15) is 4.79 Å². The van der Waals surface area contributed by atoms with E-state index in [0.29, 0.717) is 5.92 Å². The number of nitrogens with zero attached hydrogens (tertiary/aromatic N) is 1. The summed E-state index contributed by atoms with van der Waals surface area (Å²) in [5, 5.41) is 0.995. The quantitative estimate of drug-likeness (QED) is 0.617. The van der Waals surface area contributed by atoms with Crippen molar-refractivity contribution < 1.29 is 4.79 Å². The van der Waals surface area contributed by atoms with Gasteiger partial charge in [0.25, 0.3) is 0 Å². The standard InChI is InChI=1S/C9H12BrNOS/c1-5(2)8(10)9-11-6(3)7(4-12)13-9/h4-5,8H,1-3H3. The minimum atomic E-state index is 0.255. The smallest absolute Gasteiger partial charge is 0.161 e. The molecule has 1 heterocycles. The lowest BCUT2D eigenvalue weighted by atomic mass is 10.1. The number of halogens is 1. The summed E-state index contributed by atoms with van der Waals surface area (Å²) in [6.45, 7) is 6.11. The number of hydrogen-bond acceptors (Lipinski definition) is 3. The second-order valence-electron chi connectivity index (χ2n) is 3.27. The first kappa shape index (κ1) is 10.9. The first-order chi connectivity index (χ1) is 6.06. The highest BCUT2D eigenvalue weighted by atomic mass is 79.9. The van der Waals surface area contributed by atoms with E-state index in [1.807, 2.05) is 6.92 Å². The molecule has 0 aliphatic carbocycles. The number of aryl methyl sites for hydroxylation is 1. The third-order valence-electron chi connectivity index (χ3n) is 1.78. The van der Waals surface area contributed by atoms with Crippen molar-refractivity contribution in [2.45, 2.75) is 25.6 Å². The number of thiazole rings is 1. The molecule has 0 aliphatic heterocycles. The minimum Gasteiger partial charge on any atom is -0.297 e. The maximum atomic E-state index is 10.6. The normalized spacial score (nSPS) is 13.3. The molecule has 1 aromatic heterocycles. The van der Waals surface area contributed by atoms with Gasteiger partial charge in [-0.1, -0.05) is 29.8 Å². The van der Waals surface area contributed by atoms with Crippen LogP contribution in [0.4, 0.5) is 0 Å². The molecular formula is C9H12BrNOS. The average Bonchev–Trinajstić information content (AvgIpc) is 2.45. The monoisotopic (exact) mass is 261 g/mol. The number of aromatic nitrogens is 1. The Balaban J connectivity index is 2.96.